The van der Waals surface area contributed by atoms with Crippen LogP contribution < -0.4 is 0 Å². The highest BCUT2D eigenvalue weighted by atomic mass is 32.2. The summed E-state index contributed by atoms with van der Waals surface area (Å²) < 4.78 is 52.8. The molecule has 2 heterocycles. The van der Waals surface area contributed by atoms with E-state index in [-0.39, 0.29) is 4.90 Å². The molecule has 2 aromatic rings. The highest BCUT2D eigenvalue weighted by molar-refractivity contribution is 7.89. The molecule has 124 valence electrons. The fourth-order valence-corrected chi connectivity index (χ4v) is 4.72. The molecule has 0 bridgehead atoms. The second-order valence-corrected chi connectivity index (χ2v) is 8.13. The summed E-state index contributed by atoms with van der Waals surface area (Å²) in [5.74, 6) is -1.78. The molecule has 0 spiro atoms. The minimum Gasteiger partial charge on any atom is -0.296 e. The molecule has 1 saturated heterocycles. The Morgan fingerprint density at radius 3 is 2.26 bits per heavy atom. The van der Waals surface area contributed by atoms with E-state index in [0.717, 1.165) is 18.7 Å². The molecule has 0 amide bonds. The Bertz CT molecular complexity index is 751. The van der Waals surface area contributed by atoms with Crippen molar-refractivity contribution in [3.05, 3.63) is 52.2 Å². The lowest BCUT2D eigenvalue weighted by Crippen LogP contribution is -2.48. The lowest BCUT2D eigenvalue weighted by molar-refractivity contribution is 0.181. The van der Waals surface area contributed by atoms with Crippen molar-refractivity contribution < 1.29 is 17.2 Å². The second-order valence-electron chi connectivity index (χ2n) is 5.42. The topological polar surface area (TPSA) is 40.6 Å². The molecule has 4 nitrogen and oxygen atoms in total. The highest BCUT2D eigenvalue weighted by Crippen LogP contribution is 2.20. The van der Waals surface area contributed by atoms with Gasteiger partial charge in [-0.2, -0.15) is 15.6 Å². The molecule has 1 aromatic carbocycles. The molecule has 0 saturated carbocycles. The highest BCUT2D eigenvalue weighted by Gasteiger charge is 2.29. The second kappa shape index (κ2) is 6.64. The Morgan fingerprint density at radius 2 is 1.70 bits per heavy atom. The first-order valence-electron chi connectivity index (χ1n) is 7.15. The maximum Gasteiger partial charge on any atom is 0.243 e. The van der Waals surface area contributed by atoms with Crippen LogP contribution in [0.15, 0.2) is 39.9 Å². The first-order valence-corrected chi connectivity index (χ1v) is 9.53. The minimum absolute atomic E-state index is 0.310. The van der Waals surface area contributed by atoms with Gasteiger partial charge in [-0.15, -0.1) is 0 Å². The number of nitrogens with zero attached hydrogens (tertiary/aromatic N) is 2. The molecule has 0 N–H and O–H groups in total. The zero-order valence-corrected chi connectivity index (χ0v) is 13.9. The number of halogens is 2. The molecular weight excluding hydrogens is 342 g/mol. The molecule has 1 aromatic heterocycles. The van der Waals surface area contributed by atoms with Crippen LogP contribution in [0.2, 0.25) is 0 Å². The molecule has 1 aliphatic heterocycles. The summed E-state index contributed by atoms with van der Waals surface area (Å²) in [5.41, 5.74) is 1.21. The molecule has 1 fully saturated rings. The Balaban J connectivity index is 1.68. The number of thiophene rings is 1. The average molecular weight is 358 g/mol. The zero-order chi connectivity index (χ0) is 16.4. The maximum absolute atomic E-state index is 13.3. The molecule has 0 unspecified atom stereocenters. The van der Waals surface area contributed by atoms with E-state index in [1.165, 1.54) is 9.87 Å². The summed E-state index contributed by atoms with van der Waals surface area (Å²) >= 11 is 1.63. The van der Waals surface area contributed by atoms with Crippen molar-refractivity contribution in [2.45, 2.75) is 11.4 Å². The fourth-order valence-electron chi connectivity index (χ4n) is 2.60. The van der Waals surface area contributed by atoms with Gasteiger partial charge in [0, 0.05) is 38.8 Å². The van der Waals surface area contributed by atoms with Crippen LogP contribution in [0.25, 0.3) is 0 Å². The summed E-state index contributed by atoms with van der Waals surface area (Å²) in [4.78, 5) is 1.83. The summed E-state index contributed by atoms with van der Waals surface area (Å²) in [7, 11) is -3.86. The third-order valence-corrected chi connectivity index (χ3v) is 6.40. The largest absolute Gasteiger partial charge is 0.296 e. The number of piperazine rings is 1. The van der Waals surface area contributed by atoms with Gasteiger partial charge in [0.2, 0.25) is 10.0 Å². The number of benzene rings is 1. The standard InChI is InChI=1S/C15H16F2N2O2S2/c16-13-7-14(17)9-15(8-13)23(20,21)19-4-2-18(3-5-19)10-12-1-6-22-11-12/h1,6-9,11H,2-5,10H2. The molecule has 23 heavy (non-hydrogen) atoms. The quantitative estimate of drug-likeness (QED) is 0.843. The van der Waals surface area contributed by atoms with E-state index in [4.69, 9.17) is 0 Å². The first kappa shape index (κ1) is 16.5. The maximum atomic E-state index is 13.3. The molecule has 1 aliphatic rings. The van der Waals surface area contributed by atoms with Gasteiger partial charge in [-0.1, -0.05) is 0 Å². The fraction of sp³-hybridized carbons (Fsp3) is 0.333. The van der Waals surface area contributed by atoms with Gasteiger partial charge in [0.25, 0.3) is 0 Å². The van der Waals surface area contributed by atoms with Crippen LogP contribution in [0.5, 0.6) is 0 Å². The van der Waals surface area contributed by atoms with Crippen LogP contribution in [0.4, 0.5) is 8.78 Å². The van der Waals surface area contributed by atoms with Crippen molar-refractivity contribution in [1.29, 1.82) is 0 Å². The van der Waals surface area contributed by atoms with Crippen LogP contribution in [-0.4, -0.2) is 43.8 Å². The third kappa shape index (κ3) is 3.77. The van der Waals surface area contributed by atoms with E-state index in [1.54, 1.807) is 11.3 Å². The van der Waals surface area contributed by atoms with Crippen molar-refractivity contribution in [3.63, 3.8) is 0 Å². The van der Waals surface area contributed by atoms with Gasteiger partial charge in [0.1, 0.15) is 11.6 Å². The monoisotopic (exact) mass is 358 g/mol. The smallest absolute Gasteiger partial charge is 0.243 e. The van der Waals surface area contributed by atoms with Crippen LogP contribution in [0.1, 0.15) is 5.56 Å². The van der Waals surface area contributed by atoms with Crippen LogP contribution >= 0.6 is 11.3 Å². The predicted octanol–water partition coefficient (Wildman–Crippen LogP) is 2.53. The van der Waals surface area contributed by atoms with E-state index < -0.39 is 21.7 Å². The van der Waals surface area contributed by atoms with Crippen molar-refractivity contribution in [2.75, 3.05) is 26.2 Å². The molecular formula is C15H16F2N2O2S2. The molecule has 0 atom stereocenters. The molecule has 0 radical (unpaired) electrons. The van der Waals surface area contributed by atoms with Gasteiger partial charge in [0.15, 0.2) is 0 Å². The normalized spacial score (nSPS) is 17.5. The van der Waals surface area contributed by atoms with E-state index >= 15 is 0 Å². The first-order chi connectivity index (χ1) is 10.9. The van der Waals surface area contributed by atoms with Gasteiger partial charge in [-0.3, -0.25) is 4.90 Å². The molecule has 0 aliphatic carbocycles. The minimum atomic E-state index is -3.86. The number of hydrogen-bond acceptors (Lipinski definition) is 4. The van der Waals surface area contributed by atoms with Gasteiger partial charge in [0.05, 0.1) is 4.90 Å². The zero-order valence-electron chi connectivity index (χ0n) is 12.3. The Labute approximate surface area is 138 Å². The third-order valence-electron chi connectivity index (χ3n) is 3.79. The van der Waals surface area contributed by atoms with Crippen LogP contribution in [0, 0.1) is 11.6 Å². The average Bonchev–Trinajstić information content (AvgIpc) is 3.00. The number of hydrogen-bond donors (Lipinski definition) is 0. The lowest BCUT2D eigenvalue weighted by atomic mass is 10.3. The van der Waals surface area contributed by atoms with Gasteiger partial charge in [-0.25, -0.2) is 17.2 Å². The Morgan fingerprint density at radius 1 is 1.04 bits per heavy atom. The summed E-state index contributed by atoms with van der Waals surface area (Å²) in [6.07, 6.45) is 0. The Kier molecular flexibility index (Phi) is 4.77. The Hall–Kier alpha value is -1.35. The SMILES string of the molecule is O=S(=O)(c1cc(F)cc(F)c1)N1CCN(Cc2ccsc2)CC1. The summed E-state index contributed by atoms with van der Waals surface area (Å²) in [5, 5.41) is 4.08. The van der Waals surface area contributed by atoms with E-state index in [9.17, 15) is 17.2 Å². The van der Waals surface area contributed by atoms with Gasteiger partial charge >= 0.3 is 0 Å². The van der Waals surface area contributed by atoms with Crippen molar-refractivity contribution in [1.82, 2.24) is 9.21 Å². The van der Waals surface area contributed by atoms with Crippen molar-refractivity contribution in [3.8, 4) is 0 Å². The summed E-state index contributed by atoms with van der Waals surface area (Å²) in [6.45, 7) is 2.58. The van der Waals surface area contributed by atoms with Gasteiger partial charge < -0.3 is 0 Å². The lowest BCUT2D eigenvalue weighted by Gasteiger charge is -2.33. The van der Waals surface area contributed by atoms with Crippen molar-refractivity contribution >= 4 is 21.4 Å². The van der Waals surface area contributed by atoms with E-state index in [0.29, 0.717) is 32.2 Å². The van der Waals surface area contributed by atoms with Crippen LogP contribution in [-0.2, 0) is 16.6 Å². The summed E-state index contributed by atoms with van der Waals surface area (Å²) in [6, 6.07) is 4.42. The van der Waals surface area contributed by atoms with Crippen LogP contribution in [0.3, 0.4) is 0 Å². The predicted molar refractivity (Wildman–Crippen MR) is 84.7 cm³/mol. The number of rotatable bonds is 4. The molecule has 8 heteroatoms. The van der Waals surface area contributed by atoms with Gasteiger partial charge in [-0.05, 0) is 34.5 Å². The molecule has 3 rings (SSSR count). The van der Waals surface area contributed by atoms with E-state index in [2.05, 4.69) is 10.3 Å². The van der Waals surface area contributed by atoms with E-state index in [1.807, 2.05) is 11.4 Å². The van der Waals surface area contributed by atoms with Crippen molar-refractivity contribution in [2.24, 2.45) is 0 Å². The number of sulfonamides is 1.